The van der Waals surface area contributed by atoms with Crippen LogP contribution in [0.2, 0.25) is 0 Å². The van der Waals surface area contributed by atoms with Crippen LogP contribution in [0.15, 0.2) is 78.9 Å². The van der Waals surface area contributed by atoms with Crippen molar-refractivity contribution in [1.82, 2.24) is 9.78 Å². The summed E-state index contributed by atoms with van der Waals surface area (Å²) >= 11 is 0. The fraction of sp³-hybridized carbons (Fsp3) is 0.0417. The Bertz CT molecular complexity index is 1290. The van der Waals surface area contributed by atoms with E-state index < -0.39 is 5.97 Å². The maximum absolute atomic E-state index is 13.2. The number of anilines is 1. The van der Waals surface area contributed by atoms with Crippen LogP contribution in [0.5, 0.6) is 0 Å². The van der Waals surface area contributed by atoms with Gasteiger partial charge in [0, 0.05) is 11.6 Å². The largest absolute Gasteiger partial charge is 0.476 e. The Morgan fingerprint density at radius 3 is 2.43 bits per heavy atom. The van der Waals surface area contributed by atoms with Gasteiger partial charge in [-0.2, -0.15) is 5.10 Å². The van der Waals surface area contributed by atoms with Crippen molar-refractivity contribution in [1.29, 1.82) is 0 Å². The number of aromatic nitrogens is 2. The molecule has 0 fully saturated rings. The number of fused-ring (bicyclic) bond motifs is 3. The third-order valence-electron chi connectivity index (χ3n) is 5.27. The van der Waals surface area contributed by atoms with E-state index >= 15 is 0 Å². The summed E-state index contributed by atoms with van der Waals surface area (Å²) in [5.74, 6) is -1.15. The molecule has 0 saturated heterocycles. The first-order valence-electron chi connectivity index (χ1n) is 9.52. The number of nitrogens with one attached hydrogen (secondary N) is 1. The minimum atomic E-state index is -1.16. The molecule has 0 bridgehead atoms. The molecule has 1 aromatic heterocycles. The van der Waals surface area contributed by atoms with Gasteiger partial charge < -0.3 is 10.4 Å². The minimum absolute atomic E-state index is 0.139. The number of para-hydroxylation sites is 1. The molecule has 0 saturated carbocycles. The number of carboxylic acids is 1. The number of carbonyl (C=O) groups is 2. The molecular weight excluding hydrogens is 378 g/mol. The fourth-order valence-corrected chi connectivity index (χ4v) is 3.89. The molecule has 0 aliphatic heterocycles. The lowest BCUT2D eigenvalue weighted by Crippen LogP contribution is -2.16. The van der Waals surface area contributed by atoms with Crippen LogP contribution in [0.25, 0.3) is 16.8 Å². The zero-order valence-electron chi connectivity index (χ0n) is 15.9. The zero-order valence-corrected chi connectivity index (χ0v) is 15.9. The number of carbonyl (C=O) groups excluding carboxylic acids is 1. The Morgan fingerprint density at radius 2 is 1.63 bits per heavy atom. The molecule has 146 valence electrons. The lowest BCUT2D eigenvalue weighted by Gasteiger charge is -2.11. The highest BCUT2D eigenvalue weighted by Gasteiger charge is 2.24. The molecular formula is C24H17N3O3. The van der Waals surface area contributed by atoms with Crippen LogP contribution in [0.4, 0.5) is 5.82 Å². The molecule has 1 amide bonds. The first-order valence-corrected chi connectivity index (χ1v) is 9.52. The van der Waals surface area contributed by atoms with E-state index in [1.165, 1.54) is 16.3 Å². The summed E-state index contributed by atoms with van der Waals surface area (Å²) in [5.41, 5.74) is 5.45. The minimum Gasteiger partial charge on any atom is -0.476 e. The van der Waals surface area contributed by atoms with Gasteiger partial charge in [-0.1, -0.05) is 54.6 Å². The van der Waals surface area contributed by atoms with Crippen LogP contribution in [-0.2, 0) is 6.42 Å². The molecule has 3 aromatic carbocycles. The van der Waals surface area contributed by atoms with Gasteiger partial charge in [-0.3, -0.25) is 4.79 Å². The number of amides is 1. The van der Waals surface area contributed by atoms with E-state index in [9.17, 15) is 14.7 Å². The van der Waals surface area contributed by atoms with Gasteiger partial charge in [-0.05, 0) is 46.9 Å². The molecule has 0 spiro atoms. The highest BCUT2D eigenvalue weighted by atomic mass is 16.4. The number of benzene rings is 3. The van der Waals surface area contributed by atoms with Crippen LogP contribution in [0, 0.1) is 0 Å². The molecule has 6 nitrogen and oxygen atoms in total. The van der Waals surface area contributed by atoms with Crippen LogP contribution in [0.3, 0.4) is 0 Å². The maximum atomic E-state index is 13.2. The van der Waals surface area contributed by atoms with Crippen molar-refractivity contribution in [2.24, 2.45) is 0 Å². The van der Waals surface area contributed by atoms with Crippen LogP contribution in [0.1, 0.15) is 32.0 Å². The number of hydrogen-bond donors (Lipinski definition) is 2. The van der Waals surface area contributed by atoms with E-state index in [4.69, 9.17) is 0 Å². The second kappa shape index (κ2) is 7.00. The lowest BCUT2D eigenvalue weighted by atomic mass is 10.0. The number of aromatic carboxylic acids is 1. The molecule has 1 heterocycles. The monoisotopic (exact) mass is 395 g/mol. The van der Waals surface area contributed by atoms with Crippen molar-refractivity contribution in [3.63, 3.8) is 0 Å². The van der Waals surface area contributed by atoms with Crippen molar-refractivity contribution in [3.05, 3.63) is 101 Å². The molecule has 0 atom stereocenters. The molecule has 1 aliphatic carbocycles. The van der Waals surface area contributed by atoms with Gasteiger partial charge in [0.2, 0.25) is 0 Å². The van der Waals surface area contributed by atoms with Gasteiger partial charge in [0.05, 0.1) is 5.69 Å². The van der Waals surface area contributed by atoms with Crippen molar-refractivity contribution in [3.8, 4) is 16.8 Å². The number of hydrogen-bond acceptors (Lipinski definition) is 3. The maximum Gasteiger partial charge on any atom is 0.356 e. The molecule has 5 rings (SSSR count). The quantitative estimate of drug-likeness (QED) is 0.473. The Hall–Kier alpha value is -4.19. The van der Waals surface area contributed by atoms with E-state index in [1.807, 2.05) is 42.5 Å². The predicted octanol–water partition coefficient (Wildman–Crippen LogP) is 4.39. The summed E-state index contributed by atoms with van der Waals surface area (Å²) in [5, 5.41) is 16.3. The molecule has 4 aromatic rings. The molecule has 30 heavy (non-hydrogen) atoms. The topological polar surface area (TPSA) is 84.2 Å². The SMILES string of the molecule is O=C(O)c1cc(NC(=O)c2cccc3c2Cc2ccccc2-3)n(-c2ccccc2)n1. The first kappa shape index (κ1) is 17.9. The van der Waals surface area contributed by atoms with E-state index in [0.29, 0.717) is 23.5 Å². The van der Waals surface area contributed by atoms with Gasteiger partial charge in [0.15, 0.2) is 5.69 Å². The Balaban J connectivity index is 1.53. The Kier molecular flexibility index (Phi) is 4.17. The third-order valence-corrected chi connectivity index (χ3v) is 5.27. The summed E-state index contributed by atoms with van der Waals surface area (Å²) in [7, 11) is 0. The Labute approximate surface area is 172 Å². The summed E-state index contributed by atoms with van der Waals surface area (Å²) in [4.78, 5) is 24.6. The van der Waals surface area contributed by atoms with Gasteiger partial charge in [0.25, 0.3) is 5.91 Å². The number of nitrogens with zero attached hydrogens (tertiary/aromatic N) is 2. The zero-order chi connectivity index (χ0) is 20.7. The highest BCUT2D eigenvalue weighted by Crippen LogP contribution is 2.38. The van der Waals surface area contributed by atoms with Crippen LogP contribution < -0.4 is 5.32 Å². The van der Waals surface area contributed by atoms with Crippen molar-refractivity contribution >= 4 is 17.7 Å². The summed E-state index contributed by atoms with van der Waals surface area (Å²) in [6, 6.07) is 24.3. The fourth-order valence-electron chi connectivity index (χ4n) is 3.89. The average molecular weight is 395 g/mol. The summed E-state index contributed by atoms with van der Waals surface area (Å²) in [6.45, 7) is 0. The molecule has 0 unspecified atom stereocenters. The lowest BCUT2D eigenvalue weighted by molar-refractivity contribution is 0.0689. The van der Waals surface area contributed by atoms with Gasteiger partial charge in [-0.25, -0.2) is 9.48 Å². The molecule has 2 N–H and O–H groups in total. The van der Waals surface area contributed by atoms with Crippen molar-refractivity contribution < 1.29 is 14.7 Å². The van der Waals surface area contributed by atoms with E-state index in [-0.39, 0.29) is 11.6 Å². The van der Waals surface area contributed by atoms with Gasteiger partial charge in [-0.15, -0.1) is 0 Å². The molecule has 1 aliphatic rings. The second-order valence-electron chi connectivity index (χ2n) is 7.09. The van der Waals surface area contributed by atoms with Crippen LogP contribution in [-0.4, -0.2) is 26.8 Å². The standard InChI is InChI=1S/C24H17N3O3/c28-23(19-12-6-11-18-17-10-5-4-7-15(17)13-20(18)19)25-22-14-21(24(29)30)26-27(22)16-8-2-1-3-9-16/h1-12,14H,13H2,(H,25,28)(H,29,30). The average Bonchev–Trinajstić information content (AvgIpc) is 3.36. The first-order chi connectivity index (χ1) is 14.6. The van der Waals surface area contributed by atoms with Crippen molar-refractivity contribution in [2.75, 3.05) is 5.32 Å². The van der Waals surface area contributed by atoms with E-state index in [1.54, 1.807) is 18.2 Å². The van der Waals surface area contributed by atoms with E-state index in [2.05, 4.69) is 22.5 Å². The van der Waals surface area contributed by atoms with E-state index in [0.717, 1.165) is 16.7 Å². The third kappa shape index (κ3) is 2.95. The second-order valence-corrected chi connectivity index (χ2v) is 7.09. The van der Waals surface area contributed by atoms with Gasteiger partial charge in [0.1, 0.15) is 5.82 Å². The summed E-state index contributed by atoms with van der Waals surface area (Å²) < 4.78 is 1.43. The van der Waals surface area contributed by atoms with Crippen molar-refractivity contribution in [2.45, 2.75) is 6.42 Å². The Morgan fingerprint density at radius 1 is 0.900 bits per heavy atom. The highest BCUT2D eigenvalue weighted by molar-refractivity contribution is 6.07. The molecule has 0 radical (unpaired) electrons. The normalized spacial score (nSPS) is 11.6. The van der Waals surface area contributed by atoms with Gasteiger partial charge >= 0.3 is 5.97 Å². The predicted molar refractivity (Wildman–Crippen MR) is 113 cm³/mol. The summed E-state index contributed by atoms with van der Waals surface area (Å²) in [6.07, 6.45) is 0.688. The smallest absolute Gasteiger partial charge is 0.356 e. The number of rotatable bonds is 4. The molecule has 6 heteroatoms. The van der Waals surface area contributed by atoms with Crippen LogP contribution >= 0.6 is 0 Å². The number of carboxylic acid groups (broad SMARTS) is 1.